The summed E-state index contributed by atoms with van der Waals surface area (Å²) < 4.78 is 5.79. The van der Waals surface area contributed by atoms with Crippen molar-refractivity contribution < 1.29 is 14.6 Å². The first-order valence-corrected chi connectivity index (χ1v) is 8.77. The molecule has 3 aromatic carbocycles. The third-order valence-corrected chi connectivity index (χ3v) is 3.78. The quantitative estimate of drug-likeness (QED) is 0.326. The molecule has 0 aliphatic carbocycles. The van der Waals surface area contributed by atoms with Crippen molar-refractivity contribution in [3.63, 3.8) is 0 Å². The summed E-state index contributed by atoms with van der Waals surface area (Å²) in [6.45, 7) is 0. The van der Waals surface area contributed by atoms with Crippen LogP contribution in [0.25, 0.3) is 0 Å². The molecule has 0 amide bonds. The number of nitrogens with one attached hydrogen (secondary N) is 2. The van der Waals surface area contributed by atoms with Gasteiger partial charge in [-0.05, 0) is 60.2 Å². The lowest BCUT2D eigenvalue weighted by Crippen LogP contribution is -2.24. The predicted octanol–water partition coefficient (Wildman–Crippen LogP) is 4.50. The summed E-state index contributed by atoms with van der Waals surface area (Å²) in [5.41, 5.74) is 4.26. The van der Waals surface area contributed by atoms with E-state index in [1.165, 1.54) is 12.1 Å². The fraction of sp³-hybridized carbons (Fsp3) is 0. The third kappa shape index (κ3) is 5.65. The second kappa shape index (κ2) is 9.29. The van der Waals surface area contributed by atoms with Crippen molar-refractivity contribution in [3.05, 3.63) is 90.0 Å². The van der Waals surface area contributed by atoms with Crippen molar-refractivity contribution in [1.82, 2.24) is 5.43 Å². The molecule has 140 valence electrons. The molecule has 3 aromatic rings. The van der Waals surface area contributed by atoms with Crippen LogP contribution in [-0.2, 0) is 0 Å². The number of hydrogen-bond acceptors (Lipinski definition) is 4. The van der Waals surface area contributed by atoms with Gasteiger partial charge in [0.25, 0.3) is 0 Å². The number of ether oxygens (including phenoxy) is 1. The zero-order valence-electron chi connectivity index (χ0n) is 14.7. The zero-order valence-corrected chi connectivity index (χ0v) is 15.5. The molecule has 0 atom stereocenters. The summed E-state index contributed by atoms with van der Waals surface area (Å²) in [6, 6.07) is 23.3. The standard InChI is InChI=1S/C21H17N3O3S/c25-20(26)16-7-5-8-17(13-16)23-21(28)24-22-14-15-6-4-11-19(12-15)27-18-9-2-1-3-10-18/h1-14H,(H,25,26)(H2,23,24,28)/b22-14+. The Balaban J connectivity index is 1.57. The Morgan fingerprint density at radius 2 is 1.71 bits per heavy atom. The average molecular weight is 391 g/mol. The van der Waals surface area contributed by atoms with Gasteiger partial charge in [0.15, 0.2) is 5.11 Å². The molecular formula is C21H17N3O3S. The van der Waals surface area contributed by atoms with Crippen LogP contribution in [-0.4, -0.2) is 22.4 Å². The van der Waals surface area contributed by atoms with Gasteiger partial charge in [0.1, 0.15) is 11.5 Å². The van der Waals surface area contributed by atoms with Crippen molar-refractivity contribution in [1.29, 1.82) is 0 Å². The molecule has 0 aliphatic heterocycles. The van der Waals surface area contributed by atoms with Gasteiger partial charge in [-0.1, -0.05) is 36.4 Å². The minimum Gasteiger partial charge on any atom is -0.478 e. The monoisotopic (exact) mass is 391 g/mol. The van der Waals surface area contributed by atoms with Crippen molar-refractivity contribution >= 4 is 35.2 Å². The molecule has 0 aromatic heterocycles. The minimum atomic E-state index is -1.00. The van der Waals surface area contributed by atoms with E-state index in [9.17, 15) is 4.79 Å². The van der Waals surface area contributed by atoms with Gasteiger partial charge in [-0.2, -0.15) is 5.10 Å². The normalized spacial score (nSPS) is 10.4. The van der Waals surface area contributed by atoms with E-state index in [1.807, 2.05) is 54.6 Å². The van der Waals surface area contributed by atoms with Crippen LogP contribution in [0.1, 0.15) is 15.9 Å². The highest BCUT2D eigenvalue weighted by molar-refractivity contribution is 7.80. The van der Waals surface area contributed by atoms with E-state index in [2.05, 4.69) is 15.8 Å². The van der Waals surface area contributed by atoms with E-state index >= 15 is 0 Å². The topological polar surface area (TPSA) is 83.0 Å². The van der Waals surface area contributed by atoms with Gasteiger partial charge in [-0.3, -0.25) is 5.43 Å². The van der Waals surface area contributed by atoms with E-state index in [-0.39, 0.29) is 10.7 Å². The maximum absolute atomic E-state index is 11.0. The number of carboxylic acid groups (broad SMARTS) is 1. The number of anilines is 1. The molecule has 3 rings (SSSR count). The average Bonchev–Trinajstić information content (AvgIpc) is 2.69. The maximum Gasteiger partial charge on any atom is 0.335 e. The first-order chi connectivity index (χ1) is 13.6. The van der Waals surface area contributed by atoms with Crippen LogP contribution >= 0.6 is 12.2 Å². The van der Waals surface area contributed by atoms with Gasteiger partial charge in [0.2, 0.25) is 0 Å². The van der Waals surface area contributed by atoms with E-state index in [0.29, 0.717) is 11.4 Å². The van der Waals surface area contributed by atoms with Crippen LogP contribution in [0.4, 0.5) is 5.69 Å². The van der Waals surface area contributed by atoms with Gasteiger partial charge < -0.3 is 15.2 Å². The highest BCUT2D eigenvalue weighted by atomic mass is 32.1. The number of carbonyl (C=O) groups is 1. The number of hydrogen-bond donors (Lipinski definition) is 3. The van der Waals surface area contributed by atoms with Gasteiger partial charge in [-0.25, -0.2) is 4.79 Å². The van der Waals surface area contributed by atoms with Crippen molar-refractivity contribution in [2.75, 3.05) is 5.32 Å². The maximum atomic E-state index is 11.0. The van der Waals surface area contributed by atoms with Gasteiger partial charge in [-0.15, -0.1) is 0 Å². The minimum absolute atomic E-state index is 0.173. The lowest BCUT2D eigenvalue weighted by atomic mass is 10.2. The summed E-state index contributed by atoms with van der Waals surface area (Å²) in [5, 5.41) is 16.2. The van der Waals surface area contributed by atoms with E-state index < -0.39 is 5.97 Å². The van der Waals surface area contributed by atoms with Crippen LogP contribution in [0, 0.1) is 0 Å². The van der Waals surface area contributed by atoms with Crippen LogP contribution < -0.4 is 15.5 Å². The number of benzene rings is 3. The molecule has 3 N–H and O–H groups in total. The zero-order chi connectivity index (χ0) is 19.8. The molecular weight excluding hydrogens is 374 g/mol. The summed E-state index contributed by atoms with van der Waals surface area (Å²) in [6.07, 6.45) is 1.61. The van der Waals surface area contributed by atoms with Crippen LogP contribution in [0.15, 0.2) is 84.0 Å². The second-order valence-corrected chi connectivity index (χ2v) is 6.11. The SMILES string of the molecule is O=C(O)c1cccc(NC(=S)N/N=C/c2cccc(Oc3ccccc3)c2)c1. The lowest BCUT2D eigenvalue weighted by molar-refractivity contribution is 0.0697. The molecule has 0 heterocycles. The van der Waals surface area contributed by atoms with Gasteiger partial charge >= 0.3 is 5.97 Å². The van der Waals surface area contributed by atoms with Crippen LogP contribution in [0.5, 0.6) is 11.5 Å². The predicted molar refractivity (Wildman–Crippen MR) is 113 cm³/mol. The van der Waals surface area contributed by atoms with E-state index in [1.54, 1.807) is 18.3 Å². The fourth-order valence-corrected chi connectivity index (χ4v) is 2.51. The number of para-hydroxylation sites is 1. The molecule has 28 heavy (non-hydrogen) atoms. The van der Waals surface area contributed by atoms with Gasteiger partial charge in [0.05, 0.1) is 11.8 Å². The summed E-state index contributed by atoms with van der Waals surface area (Å²) in [4.78, 5) is 11.0. The second-order valence-electron chi connectivity index (χ2n) is 5.70. The van der Waals surface area contributed by atoms with Crippen LogP contribution in [0.3, 0.4) is 0 Å². The van der Waals surface area contributed by atoms with Gasteiger partial charge in [0, 0.05) is 5.69 Å². The Bertz CT molecular complexity index is 1010. The number of carboxylic acids is 1. The molecule has 0 fully saturated rings. The van der Waals surface area contributed by atoms with E-state index in [4.69, 9.17) is 22.1 Å². The first kappa shape index (κ1) is 19.1. The molecule has 6 nitrogen and oxygen atoms in total. The summed E-state index contributed by atoms with van der Waals surface area (Å²) >= 11 is 5.16. The highest BCUT2D eigenvalue weighted by Gasteiger charge is 2.04. The van der Waals surface area contributed by atoms with Crippen molar-refractivity contribution in [2.24, 2.45) is 5.10 Å². The Morgan fingerprint density at radius 3 is 2.50 bits per heavy atom. The number of hydrazone groups is 1. The number of rotatable bonds is 6. The molecule has 0 aliphatic rings. The first-order valence-electron chi connectivity index (χ1n) is 8.36. The number of thiocarbonyl (C=S) groups is 1. The summed E-state index contributed by atoms with van der Waals surface area (Å²) in [5.74, 6) is 0.447. The Labute approximate surface area is 167 Å². The lowest BCUT2D eigenvalue weighted by Gasteiger charge is -2.08. The molecule has 0 unspecified atom stereocenters. The molecule has 0 saturated carbocycles. The molecule has 0 saturated heterocycles. The Hall–Kier alpha value is -3.71. The Morgan fingerprint density at radius 1 is 0.964 bits per heavy atom. The highest BCUT2D eigenvalue weighted by Crippen LogP contribution is 2.21. The Kier molecular flexibility index (Phi) is 6.33. The largest absolute Gasteiger partial charge is 0.478 e. The number of nitrogens with zero attached hydrogens (tertiary/aromatic N) is 1. The molecule has 0 bridgehead atoms. The molecule has 7 heteroatoms. The van der Waals surface area contributed by atoms with Crippen LogP contribution in [0.2, 0.25) is 0 Å². The molecule has 0 spiro atoms. The molecule has 0 radical (unpaired) electrons. The van der Waals surface area contributed by atoms with E-state index in [0.717, 1.165) is 11.3 Å². The van der Waals surface area contributed by atoms with Crippen molar-refractivity contribution in [3.8, 4) is 11.5 Å². The fourth-order valence-electron chi connectivity index (χ4n) is 2.34. The third-order valence-electron chi connectivity index (χ3n) is 3.58. The number of aromatic carboxylic acids is 1. The van der Waals surface area contributed by atoms with Crippen molar-refractivity contribution in [2.45, 2.75) is 0 Å². The smallest absolute Gasteiger partial charge is 0.335 e. The summed E-state index contributed by atoms with van der Waals surface area (Å²) in [7, 11) is 0.